The lowest BCUT2D eigenvalue weighted by Crippen LogP contribution is -2.34. The van der Waals surface area contributed by atoms with Crippen LogP contribution < -0.4 is 21.3 Å². The maximum atomic E-state index is 12.2. The monoisotopic (exact) mass is 468 g/mol. The molecule has 0 spiro atoms. The van der Waals surface area contributed by atoms with Gasteiger partial charge in [-0.2, -0.15) is 0 Å². The van der Waals surface area contributed by atoms with Crippen molar-refractivity contribution in [1.82, 2.24) is 10.6 Å². The minimum atomic E-state index is -0.327. The van der Waals surface area contributed by atoms with Crippen LogP contribution in [-0.2, 0) is 0 Å². The first-order chi connectivity index (χ1) is 14.9. The number of amides is 2. The van der Waals surface area contributed by atoms with Gasteiger partial charge in [-0.1, -0.05) is 48.0 Å². The van der Waals surface area contributed by atoms with Crippen LogP contribution in [0, 0.1) is 0 Å². The Morgan fingerprint density at radius 3 is 1.65 bits per heavy atom. The van der Waals surface area contributed by atoms with Crippen LogP contribution in [0.4, 0.5) is 11.4 Å². The number of anilines is 2. The molecule has 3 aromatic carbocycles. The van der Waals surface area contributed by atoms with Crippen molar-refractivity contribution >= 4 is 69.5 Å². The number of carbonyl (C=O) groups is 2. The van der Waals surface area contributed by atoms with E-state index in [-0.39, 0.29) is 22.0 Å². The highest BCUT2D eigenvalue weighted by atomic mass is 35.5. The van der Waals surface area contributed by atoms with E-state index in [1.807, 2.05) is 12.1 Å². The molecular formula is C22H17ClN4O2S2. The van der Waals surface area contributed by atoms with E-state index in [1.54, 1.807) is 66.7 Å². The van der Waals surface area contributed by atoms with E-state index in [0.717, 1.165) is 0 Å². The van der Waals surface area contributed by atoms with Gasteiger partial charge in [-0.05, 0) is 66.9 Å². The fourth-order valence-corrected chi connectivity index (χ4v) is 3.18. The van der Waals surface area contributed by atoms with Crippen LogP contribution in [0.2, 0.25) is 5.02 Å². The van der Waals surface area contributed by atoms with Gasteiger partial charge >= 0.3 is 0 Å². The number of thiocarbonyl (C=S) groups is 2. The number of hydrogen-bond donors (Lipinski definition) is 4. The van der Waals surface area contributed by atoms with Gasteiger partial charge in [0, 0.05) is 16.8 Å². The van der Waals surface area contributed by atoms with Crippen LogP contribution in [0.25, 0.3) is 0 Å². The van der Waals surface area contributed by atoms with Crippen LogP contribution >= 0.6 is 36.0 Å². The zero-order valence-electron chi connectivity index (χ0n) is 16.0. The van der Waals surface area contributed by atoms with Crippen molar-refractivity contribution in [2.45, 2.75) is 0 Å². The molecule has 0 aliphatic carbocycles. The second-order valence-corrected chi connectivity index (χ2v) is 7.47. The van der Waals surface area contributed by atoms with Crippen molar-refractivity contribution in [3.05, 3.63) is 95.0 Å². The standard InChI is InChI=1S/C22H17ClN4O2S2/c23-17-13-16(24-21(30)26-19(28)14-7-3-1-4-8-14)11-12-18(17)25-22(31)27-20(29)15-9-5-2-6-10-15/h1-13H,(H2,24,26,28,30)(H2,25,27,29,31). The van der Waals surface area contributed by atoms with Gasteiger partial charge in [0.05, 0.1) is 10.7 Å². The zero-order valence-corrected chi connectivity index (χ0v) is 18.4. The summed E-state index contributed by atoms with van der Waals surface area (Å²) < 4.78 is 0. The summed E-state index contributed by atoms with van der Waals surface area (Å²) in [5, 5.41) is 11.6. The van der Waals surface area contributed by atoms with Gasteiger partial charge < -0.3 is 10.6 Å². The average Bonchev–Trinajstić information content (AvgIpc) is 2.76. The molecule has 0 heterocycles. The van der Waals surface area contributed by atoms with E-state index in [9.17, 15) is 9.59 Å². The summed E-state index contributed by atoms with van der Waals surface area (Å²) in [6.45, 7) is 0. The Bertz CT molecular complexity index is 1120. The van der Waals surface area contributed by atoms with Crippen molar-refractivity contribution in [2.75, 3.05) is 10.6 Å². The molecule has 31 heavy (non-hydrogen) atoms. The lowest BCUT2D eigenvalue weighted by atomic mass is 10.2. The molecule has 0 fully saturated rings. The first-order valence-electron chi connectivity index (χ1n) is 9.06. The molecule has 3 rings (SSSR count). The molecule has 0 saturated carbocycles. The SMILES string of the molecule is O=C(NC(=S)Nc1ccc(NC(=S)NC(=O)c2ccccc2)c(Cl)c1)c1ccccc1. The number of hydrogen-bond acceptors (Lipinski definition) is 4. The van der Waals surface area contributed by atoms with Crippen LogP contribution in [0.5, 0.6) is 0 Å². The Morgan fingerprint density at radius 2 is 1.16 bits per heavy atom. The van der Waals surface area contributed by atoms with Crippen molar-refractivity contribution in [2.24, 2.45) is 0 Å². The van der Waals surface area contributed by atoms with Gasteiger partial charge in [-0.25, -0.2) is 0 Å². The Hall–Kier alpha value is -3.33. The van der Waals surface area contributed by atoms with Gasteiger partial charge in [0.15, 0.2) is 10.2 Å². The van der Waals surface area contributed by atoms with Crippen LogP contribution in [-0.4, -0.2) is 22.0 Å². The lowest BCUT2D eigenvalue weighted by molar-refractivity contribution is 0.0969. The summed E-state index contributed by atoms with van der Waals surface area (Å²) in [5.74, 6) is -0.644. The summed E-state index contributed by atoms with van der Waals surface area (Å²) in [4.78, 5) is 24.3. The summed E-state index contributed by atoms with van der Waals surface area (Å²) in [5.41, 5.74) is 2.07. The molecule has 0 atom stereocenters. The predicted molar refractivity (Wildman–Crippen MR) is 132 cm³/mol. The molecule has 156 valence electrons. The van der Waals surface area contributed by atoms with Crippen LogP contribution in [0.1, 0.15) is 20.7 Å². The lowest BCUT2D eigenvalue weighted by Gasteiger charge is -2.13. The van der Waals surface area contributed by atoms with Crippen molar-refractivity contribution < 1.29 is 9.59 Å². The minimum Gasteiger partial charge on any atom is -0.332 e. The van der Waals surface area contributed by atoms with E-state index in [0.29, 0.717) is 27.5 Å². The highest BCUT2D eigenvalue weighted by Crippen LogP contribution is 2.25. The van der Waals surface area contributed by atoms with Crippen LogP contribution in [0.15, 0.2) is 78.9 Å². The topological polar surface area (TPSA) is 82.3 Å². The van der Waals surface area contributed by atoms with Gasteiger partial charge in [0.2, 0.25) is 0 Å². The van der Waals surface area contributed by atoms with E-state index < -0.39 is 0 Å². The third-order valence-corrected chi connectivity index (χ3v) is 4.72. The number of rotatable bonds is 4. The summed E-state index contributed by atoms with van der Waals surface area (Å²) in [7, 11) is 0. The fraction of sp³-hybridized carbons (Fsp3) is 0. The molecule has 0 aliphatic heterocycles. The highest BCUT2D eigenvalue weighted by Gasteiger charge is 2.11. The molecule has 0 aromatic heterocycles. The maximum Gasteiger partial charge on any atom is 0.257 e. The zero-order chi connectivity index (χ0) is 22.2. The number of halogens is 1. The van der Waals surface area contributed by atoms with Gasteiger partial charge in [-0.3, -0.25) is 20.2 Å². The summed E-state index contributed by atoms with van der Waals surface area (Å²) in [6, 6.07) is 22.5. The molecule has 4 N–H and O–H groups in total. The first kappa shape index (κ1) is 22.4. The molecule has 0 bridgehead atoms. The number of nitrogens with one attached hydrogen (secondary N) is 4. The minimum absolute atomic E-state index is 0.113. The second kappa shape index (κ2) is 10.6. The molecule has 0 aliphatic rings. The van der Waals surface area contributed by atoms with Crippen molar-refractivity contribution in [1.29, 1.82) is 0 Å². The average molecular weight is 469 g/mol. The second-order valence-electron chi connectivity index (χ2n) is 6.24. The maximum absolute atomic E-state index is 12.2. The molecular weight excluding hydrogens is 452 g/mol. The Balaban J connectivity index is 1.55. The summed E-state index contributed by atoms with van der Waals surface area (Å²) >= 11 is 16.7. The molecule has 9 heteroatoms. The fourth-order valence-electron chi connectivity index (χ4n) is 2.54. The Kier molecular flexibility index (Phi) is 7.66. The largest absolute Gasteiger partial charge is 0.332 e. The molecule has 0 saturated heterocycles. The number of benzene rings is 3. The molecule has 0 unspecified atom stereocenters. The molecule has 2 amide bonds. The third kappa shape index (κ3) is 6.58. The van der Waals surface area contributed by atoms with Gasteiger partial charge in [0.1, 0.15) is 0 Å². The first-order valence-corrected chi connectivity index (χ1v) is 10.3. The smallest absolute Gasteiger partial charge is 0.257 e. The van der Waals surface area contributed by atoms with Gasteiger partial charge in [0.25, 0.3) is 11.8 Å². The Morgan fingerprint density at radius 1 is 0.677 bits per heavy atom. The third-order valence-electron chi connectivity index (χ3n) is 4.00. The highest BCUT2D eigenvalue weighted by molar-refractivity contribution is 7.80. The van der Waals surface area contributed by atoms with Crippen molar-refractivity contribution in [3.63, 3.8) is 0 Å². The van der Waals surface area contributed by atoms with Gasteiger partial charge in [-0.15, -0.1) is 0 Å². The predicted octanol–water partition coefficient (Wildman–Crippen LogP) is 4.59. The molecule has 3 aromatic rings. The normalized spacial score (nSPS) is 9.97. The number of carbonyl (C=O) groups excluding carboxylic acids is 2. The Labute approximate surface area is 195 Å². The van der Waals surface area contributed by atoms with Crippen molar-refractivity contribution in [3.8, 4) is 0 Å². The van der Waals surface area contributed by atoms with E-state index in [2.05, 4.69) is 21.3 Å². The quantitative estimate of drug-likeness (QED) is 0.419. The molecule has 0 radical (unpaired) electrons. The van der Waals surface area contributed by atoms with E-state index in [1.165, 1.54) is 0 Å². The van der Waals surface area contributed by atoms with E-state index in [4.69, 9.17) is 36.0 Å². The molecule has 6 nitrogen and oxygen atoms in total. The van der Waals surface area contributed by atoms with Crippen LogP contribution in [0.3, 0.4) is 0 Å². The van der Waals surface area contributed by atoms with E-state index >= 15 is 0 Å². The summed E-state index contributed by atoms with van der Waals surface area (Å²) in [6.07, 6.45) is 0.